The van der Waals surface area contributed by atoms with Gasteiger partial charge in [0, 0.05) is 27.2 Å². The lowest BCUT2D eigenvalue weighted by molar-refractivity contribution is -0.136. The molecule has 1 atom stereocenters. The number of nitrogens with zero attached hydrogens (tertiary/aromatic N) is 2. The molecule has 0 saturated carbocycles. The van der Waals surface area contributed by atoms with Gasteiger partial charge in [0.2, 0.25) is 10.0 Å². The molecule has 25 heavy (non-hydrogen) atoms. The van der Waals surface area contributed by atoms with Crippen molar-refractivity contribution in [2.75, 3.05) is 33.8 Å². The molecule has 1 fully saturated rings. The van der Waals surface area contributed by atoms with Gasteiger partial charge >= 0.3 is 5.97 Å². The first-order valence-electron chi connectivity index (χ1n) is 8.19. The van der Waals surface area contributed by atoms with Crippen molar-refractivity contribution in [1.29, 1.82) is 0 Å². The summed E-state index contributed by atoms with van der Waals surface area (Å²) in [5.74, 6) is -0.390. The highest BCUT2D eigenvalue weighted by Crippen LogP contribution is 2.16. The Hall–Kier alpha value is -1.93. The molecule has 8 heteroatoms. The molecule has 0 radical (unpaired) electrons. The molecule has 1 saturated heterocycles. The van der Waals surface area contributed by atoms with Gasteiger partial charge in [-0.15, -0.1) is 0 Å². The number of sulfonamides is 1. The van der Waals surface area contributed by atoms with Crippen molar-refractivity contribution >= 4 is 21.9 Å². The van der Waals surface area contributed by atoms with Crippen molar-refractivity contribution < 1.29 is 22.7 Å². The number of benzene rings is 1. The van der Waals surface area contributed by atoms with E-state index in [9.17, 15) is 18.0 Å². The molecule has 0 spiro atoms. The predicted molar refractivity (Wildman–Crippen MR) is 92.6 cm³/mol. The van der Waals surface area contributed by atoms with Gasteiger partial charge in [0.15, 0.2) is 6.61 Å². The van der Waals surface area contributed by atoms with Gasteiger partial charge in [0.25, 0.3) is 5.91 Å². The summed E-state index contributed by atoms with van der Waals surface area (Å²) in [5, 5.41) is 0. The first-order chi connectivity index (χ1) is 11.7. The summed E-state index contributed by atoms with van der Waals surface area (Å²) in [6.07, 6.45) is 2.06. The Balaban J connectivity index is 1.94. The number of piperidine rings is 1. The molecule has 1 amide bonds. The quantitative estimate of drug-likeness (QED) is 0.733. The number of esters is 1. The van der Waals surface area contributed by atoms with E-state index in [2.05, 4.69) is 6.92 Å². The molecule has 1 aliphatic rings. The molecule has 2 rings (SSSR count). The topological polar surface area (TPSA) is 84.0 Å². The molecule has 1 heterocycles. The fourth-order valence-electron chi connectivity index (χ4n) is 2.69. The SMILES string of the molecule is C[C@H]1CCCN(C(=O)COC(=O)c2ccc(S(=O)(=O)N(C)C)cc2)C1. The third-order valence-corrected chi connectivity index (χ3v) is 6.03. The summed E-state index contributed by atoms with van der Waals surface area (Å²) in [6, 6.07) is 5.46. The van der Waals surface area contributed by atoms with Crippen LogP contribution >= 0.6 is 0 Å². The maximum Gasteiger partial charge on any atom is 0.338 e. The average Bonchev–Trinajstić information content (AvgIpc) is 2.59. The van der Waals surface area contributed by atoms with Gasteiger partial charge in [-0.2, -0.15) is 0 Å². The van der Waals surface area contributed by atoms with Gasteiger partial charge in [-0.05, 0) is 43.0 Å². The summed E-state index contributed by atoms with van der Waals surface area (Å²) in [6.45, 7) is 3.17. The van der Waals surface area contributed by atoms with Crippen LogP contribution in [0.25, 0.3) is 0 Å². The van der Waals surface area contributed by atoms with Gasteiger partial charge in [0.1, 0.15) is 0 Å². The second-order valence-electron chi connectivity index (χ2n) is 6.48. The first kappa shape index (κ1) is 19.4. The molecule has 0 unspecified atom stereocenters. The minimum Gasteiger partial charge on any atom is -0.452 e. The number of likely N-dealkylation sites (tertiary alicyclic amines) is 1. The van der Waals surface area contributed by atoms with Gasteiger partial charge in [-0.3, -0.25) is 4.79 Å². The van der Waals surface area contributed by atoms with Gasteiger partial charge < -0.3 is 9.64 Å². The summed E-state index contributed by atoms with van der Waals surface area (Å²) in [5.41, 5.74) is 0.206. The second-order valence-corrected chi connectivity index (χ2v) is 8.63. The van der Waals surface area contributed by atoms with Crippen molar-refractivity contribution in [3.8, 4) is 0 Å². The van der Waals surface area contributed by atoms with Crippen LogP contribution in [0.2, 0.25) is 0 Å². The number of amides is 1. The minimum absolute atomic E-state index is 0.0902. The Morgan fingerprint density at radius 3 is 2.44 bits per heavy atom. The van der Waals surface area contributed by atoms with E-state index in [-0.39, 0.29) is 23.0 Å². The van der Waals surface area contributed by atoms with Crippen LogP contribution in [0.5, 0.6) is 0 Å². The molecule has 1 aromatic carbocycles. The normalized spacial score (nSPS) is 18.2. The highest BCUT2D eigenvalue weighted by Gasteiger charge is 2.22. The maximum atomic E-state index is 12.1. The Labute approximate surface area is 148 Å². The van der Waals surface area contributed by atoms with E-state index < -0.39 is 16.0 Å². The number of carbonyl (C=O) groups is 2. The van der Waals surface area contributed by atoms with Crippen molar-refractivity contribution in [2.45, 2.75) is 24.7 Å². The van der Waals surface area contributed by atoms with Crippen LogP contribution in [-0.2, 0) is 19.6 Å². The van der Waals surface area contributed by atoms with Crippen LogP contribution in [0.3, 0.4) is 0 Å². The van der Waals surface area contributed by atoms with Crippen LogP contribution in [0.1, 0.15) is 30.1 Å². The minimum atomic E-state index is -3.54. The predicted octanol–water partition coefficient (Wildman–Crippen LogP) is 1.35. The summed E-state index contributed by atoms with van der Waals surface area (Å²) >= 11 is 0. The zero-order valence-electron chi connectivity index (χ0n) is 14.8. The van der Waals surface area contributed by atoms with E-state index in [1.807, 2.05) is 0 Å². The molecule has 0 aliphatic carbocycles. The number of rotatable bonds is 5. The number of hydrogen-bond donors (Lipinski definition) is 0. The first-order valence-corrected chi connectivity index (χ1v) is 9.63. The molecular weight excluding hydrogens is 344 g/mol. The van der Waals surface area contributed by atoms with Crippen LogP contribution < -0.4 is 0 Å². The van der Waals surface area contributed by atoms with Crippen LogP contribution in [0, 0.1) is 5.92 Å². The van der Waals surface area contributed by atoms with Gasteiger partial charge in [-0.1, -0.05) is 6.92 Å². The van der Waals surface area contributed by atoms with Crippen LogP contribution in [-0.4, -0.2) is 63.3 Å². The summed E-state index contributed by atoms with van der Waals surface area (Å²) < 4.78 is 30.1. The lowest BCUT2D eigenvalue weighted by Crippen LogP contribution is -2.41. The molecule has 0 N–H and O–H groups in total. The summed E-state index contributed by atoms with van der Waals surface area (Å²) in [7, 11) is -0.674. The van der Waals surface area contributed by atoms with Crippen molar-refractivity contribution in [1.82, 2.24) is 9.21 Å². The smallest absolute Gasteiger partial charge is 0.338 e. The molecule has 0 bridgehead atoms. The Morgan fingerprint density at radius 1 is 1.24 bits per heavy atom. The van der Waals surface area contributed by atoms with Crippen molar-refractivity contribution in [3.63, 3.8) is 0 Å². The van der Waals surface area contributed by atoms with Crippen LogP contribution in [0.15, 0.2) is 29.2 Å². The Bertz CT molecular complexity index is 728. The fraction of sp³-hybridized carbons (Fsp3) is 0.529. The lowest BCUT2D eigenvalue weighted by Gasteiger charge is -2.30. The van der Waals surface area contributed by atoms with Gasteiger partial charge in [-0.25, -0.2) is 17.5 Å². The average molecular weight is 368 g/mol. The third kappa shape index (κ3) is 4.79. The van der Waals surface area contributed by atoms with E-state index in [4.69, 9.17) is 4.74 Å². The molecule has 1 aliphatic heterocycles. The van der Waals surface area contributed by atoms with E-state index in [0.29, 0.717) is 19.0 Å². The number of carbonyl (C=O) groups excluding carboxylic acids is 2. The molecular formula is C17H24N2O5S. The standard InChI is InChI=1S/C17H24N2O5S/c1-13-5-4-10-19(11-13)16(20)12-24-17(21)14-6-8-15(9-7-14)25(22,23)18(2)3/h6-9,13H,4-5,10-12H2,1-3H3/t13-/m0/s1. The van der Waals surface area contributed by atoms with Crippen molar-refractivity contribution in [3.05, 3.63) is 29.8 Å². The van der Waals surface area contributed by atoms with E-state index >= 15 is 0 Å². The van der Waals surface area contributed by atoms with E-state index in [1.54, 1.807) is 4.90 Å². The molecule has 138 valence electrons. The third-order valence-electron chi connectivity index (χ3n) is 4.21. The Morgan fingerprint density at radius 2 is 1.88 bits per heavy atom. The number of hydrogen-bond acceptors (Lipinski definition) is 5. The monoisotopic (exact) mass is 368 g/mol. The maximum absolute atomic E-state index is 12.1. The molecule has 7 nitrogen and oxygen atoms in total. The Kier molecular flexibility index (Phi) is 6.18. The lowest BCUT2D eigenvalue weighted by atomic mass is 10.0. The largest absolute Gasteiger partial charge is 0.452 e. The zero-order valence-corrected chi connectivity index (χ0v) is 15.6. The molecule has 0 aromatic heterocycles. The zero-order chi connectivity index (χ0) is 18.6. The van der Waals surface area contributed by atoms with E-state index in [1.165, 1.54) is 38.4 Å². The van der Waals surface area contributed by atoms with E-state index in [0.717, 1.165) is 17.1 Å². The summed E-state index contributed by atoms with van der Waals surface area (Å²) in [4.78, 5) is 25.9. The molecule has 1 aromatic rings. The van der Waals surface area contributed by atoms with Crippen LogP contribution in [0.4, 0.5) is 0 Å². The highest BCUT2D eigenvalue weighted by atomic mass is 32.2. The van der Waals surface area contributed by atoms with Crippen molar-refractivity contribution in [2.24, 2.45) is 5.92 Å². The number of ether oxygens (including phenoxy) is 1. The fourth-order valence-corrected chi connectivity index (χ4v) is 3.59. The van der Waals surface area contributed by atoms with Gasteiger partial charge in [0.05, 0.1) is 10.5 Å². The second kappa shape index (κ2) is 7.97. The highest BCUT2D eigenvalue weighted by molar-refractivity contribution is 7.89.